The van der Waals surface area contributed by atoms with E-state index in [9.17, 15) is 18.0 Å². The minimum atomic E-state index is -5.08. The molecule has 0 aliphatic heterocycles. The third kappa shape index (κ3) is 6.56. The normalized spacial score (nSPS) is 10.7. The summed E-state index contributed by atoms with van der Waals surface area (Å²) in [5, 5.41) is 7.84. The standard InChI is InChI=1S/C18H14ClN3O.C2HF3O2/c19-14-4-1-3-12(10-14)9-13-6-7-16(22-11-13)17-15(18(20)23)5-2-8-21-17;3-2(4,5)1(6)7/h1-8,10-11H,9H2,(H2,20,23);(H,6,7). The van der Waals surface area contributed by atoms with Crippen molar-refractivity contribution in [3.63, 3.8) is 0 Å². The summed E-state index contributed by atoms with van der Waals surface area (Å²) in [4.78, 5) is 29.0. The Morgan fingerprint density at radius 3 is 2.27 bits per heavy atom. The summed E-state index contributed by atoms with van der Waals surface area (Å²) in [6.07, 6.45) is -0.961. The highest BCUT2D eigenvalue weighted by Gasteiger charge is 2.38. The van der Waals surface area contributed by atoms with Crippen LogP contribution in [0.1, 0.15) is 21.5 Å². The quantitative estimate of drug-likeness (QED) is 0.638. The Morgan fingerprint density at radius 2 is 1.73 bits per heavy atom. The van der Waals surface area contributed by atoms with Gasteiger partial charge in [-0.15, -0.1) is 0 Å². The number of halogens is 4. The van der Waals surface area contributed by atoms with Gasteiger partial charge in [-0.1, -0.05) is 29.8 Å². The van der Waals surface area contributed by atoms with Crippen molar-refractivity contribution in [2.45, 2.75) is 12.6 Å². The number of carbonyl (C=O) groups excluding carboxylic acids is 1. The topological polar surface area (TPSA) is 106 Å². The second-order valence-electron chi connectivity index (χ2n) is 5.93. The fourth-order valence-corrected chi connectivity index (χ4v) is 2.57. The van der Waals surface area contributed by atoms with E-state index >= 15 is 0 Å². The fourth-order valence-electron chi connectivity index (χ4n) is 2.36. The van der Waals surface area contributed by atoms with Crippen LogP contribution in [0.15, 0.2) is 60.9 Å². The largest absolute Gasteiger partial charge is 0.490 e. The lowest BCUT2D eigenvalue weighted by Crippen LogP contribution is -2.21. The number of nitrogens with zero attached hydrogens (tertiary/aromatic N) is 2. The first-order valence-electron chi connectivity index (χ1n) is 8.32. The molecule has 3 aromatic rings. The summed E-state index contributed by atoms with van der Waals surface area (Å²) in [5.74, 6) is -3.27. The molecule has 1 amide bonds. The third-order valence-electron chi connectivity index (χ3n) is 3.68. The molecule has 0 aliphatic rings. The zero-order valence-electron chi connectivity index (χ0n) is 15.2. The monoisotopic (exact) mass is 437 g/mol. The lowest BCUT2D eigenvalue weighted by Gasteiger charge is -2.06. The van der Waals surface area contributed by atoms with Crippen LogP contribution in [0.2, 0.25) is 5.02 Å². The Morgan fingerprint density at radius 1 is 1.03 bits per heavy atom. The van der Waals surface area contributed by atoms with Crippen molar-refractivity contribution in [2.75, 3.05) is 0 Å². The molecule has 156 valence electrons. The molecule has 10 heteroatoms. The van der Waals surface area contributed by atoms with E-state index in [0.29, 0.717) is 22.0 Å². The van der Waals surface area contributed by atoms with E-state index in [1.807, 2.05) is 36.4 Å². The first-order chi connectivity index (χ1) is 14.1. The number of carboxylic acids is 1. The van der Waals surface area contributed by atoms with Crippen molar-refractivity contribution in [2.24, 2.45) is 5.73 Å². The highest BCUT2D eigenvalue weighted by Crippen LogP contribution is 2.20. The molecule has 1 aromatic carbocycles. The molecule has 30 heavy (non-hydrogen) atoms. The van der Waals surface area contributed by atoms with Crippen LogP contribution in [0, 0.1) is 0 Å². The van der Waals surface area contributed by atoms with Gasteiger partial charge in [-0.3, -0.25) is 14.8 Å². The van der Waals surface area contributed by atoms with Crippen LogP contribution in [0.5, 0.6) is 0 Å². The number of primary amides is 1. The molecule has 2 aromatic heterocycles. The van der Waals surface area contributed by atoms with Crippen LogP contribution in [0.25, 0.3) is 11.4 Å². The second kappa shape index (κ2) is 9.84. The van der Waals surface area contributed by atoms with Crippen LogP contribution in [-0.2, 0) is 11.2 Å². The minimum Gasteiger partial charge on any atom is -0.475 e. The molecule has 6 nitrogen and oxygen atoms in total. The Bertz CT molecular complexity index is 1040. The molecule has 0 saturated heterocycles. The molecule has 0 spiro atoms. The van der Waals surface area contributed by atoms with Gasteiger partial charge in [-0.2, -0.15) is 13.2 Å². The molecule has 0 saturated carbocycles. The molecule has 0 aliphatic carbocycles. The van der Waals surface area contributed by atoms with Gasteiger partial charge in [0.25, 0.3) is 5.91 Å². The minimum absolute atomic E-state index is 0.364. The lowest BCUT2D eigenvalue weighted by atomic mass is 10.1. The third-order valence-corrected chi connectivity index (χ3v) is 3.92. The lowest BCUT2D eigenvalue weighted by molar-refractivity contribution is -0.192. The summed E-state index contributed by atoms with van der Waals surface area (Å²) < 4.78 is 31.7. The number of carbonyl (C=O) groups is 2. The molecule has 3 N–H and O–H groups in total. The van der Waals surface area contributed by atoms with Gasteiger partial charge in [-0.25, -0.2) is 4.79 Å². The molecule has 0 radical (unpaired) electrons. The smallest absolute Gasteiger partial charge is 0.475 e. The zero-order chi connectivity index (χ0) is 22.3. The fraction of sp³-hybridized carbons (Fsp3) is 0.100. The Hall–Kier alpha value is -3.46. The number of nitrogens with two attached hydrogens (primary N) is 1. The van der Waals surface area contributed by atoms with E-state index in [4.69, 9.17) is 27.2 Å². The predicted molar refractivity (Wildman–Crippen MR) is 104 cm³/mol. The van der Waals surface area contributed by atoms with Crippen LogP contribution >= 0.6 is 11.6 Å². The molecule has 2 heterocycles. The molecule has 0 unspecified atom stereocenters. The maximum Gasteiger partial charge on any atom is 0.490 e. The van der Waals surface area contributed by atoms with E-state index in [-0.39, 0.29) is 0 Å². The Kier molecular flexibility index (Phi) is 7.48. The molecular formula is C20H15ClF3N3O3. The first kappa shape index (κ1) is 22.8. The average molecular weight is 438 g/mol. The maximum atomic E-state index is 11.5. The molecule has 0 fully saturated rings. The Labute approximate surface area is 174 Å². The number of hydrogen-bond acceptors (Lipinski definition) is 4. The molecule has 0 atom stereocenters. The highest BCUT2D eigenvalue weighted by atomic mass is 35.5. The summed E-state index contributed by atoms with van der Waals surface area (Å²) in [6, 6.07) is 14.8. The molecule has 0 bridgehead atoms. The van der Waals surface area contributed by atoms with Crippen molar-refractivity contribution >= 4 is 23.5 Å². The second-order valence-corrected chi connectivity index (χ2v) is 6.36. The predicted octanol–water partition coefficient (Wildman–Crippen LogP) is 4.12. The number of amides is 1. The number of aliphatic carboxylic acids is 1. The van der Waals surface area contributed by atoms with Crippen molar-refractivity contribution in [3.8, 4) is 11.4 Å². The number of alkyl halides is 3. The van der Waals surface area contributed by atoms with Crippen LogP contribution in [-0.4, -0.2) is 33.1 Å². The van der Waals surface area contributed by atoms with Gasteiger partial charge < -0.3 is 10.8 Å². The number of aromatic nitrogens is 2. The van der Waals surface area contributed by atoms with E-state index in [1.165, 1.54) is 0 Å². The summed E-state index contributed by atoms with van der Waals surface area (Å²) >= 11 is 6.00. The summed E-state index contributed by atoms with van der Waals surface area (Å²) in [6.45, 7) is 0. The van der Waals surface area contributed by atoms with E-state index < -0.39 is 18.1 Å². The van der Waals surface area contributed by atoms with E-state index in [0.717, 1.165) is 17.5 Å². The first-order valence-corrected chi connectivity index (χ1v) is 8.70. The highest BCUT2D eigenvalue weighted by molar-refractivity contribution is 6.30. The number of pyridine rings is 2. The van der Waals surface area contributed by atoms with Gasteiger partial charge in [0.2, 0.25) is 0 Å². The van der Waals surface area contributed by atoms with Crippen molar-refractivity contribution < 1.29 is 27.9 Å². The zero-order valence-corrected chi connectivity index (χ0v) is 16.0. The van der Waals surface area contributed by atoms with Gasteiger partial charge in [-0.05, 0) is 47.9 Å². The molecular weight excluding hydrogens is 423 g/mol. The number of rotatable bonds is 4. The van der Waals surface area contributed by atoms with E-state index in [1.54, 1.807) is 24.5 Å². The Balaban J connectivity index is 0.000000396. The van der Waals surface area contributed by atoms with E-state index in [2.05, 4.69) is 9.97 Å². The van der Waals surface area contributed by atoms with Crippen LogP contribution in [0.4, 0.5) is 13.2 Å². The van der Waals surface area contributed by atoms with Crippen LogP contribution < -0.4 is 5.73 Å². The average Bonchev–Trinajstić information content (AvgIpc) is 2.68. The van der Waals surface area contributed by atoms with Gasteiger partial charge >= 0.3 is 12.1 Å². The summed E-state index contributed by atoms with van der Waals surface area (Å²) in [5.41, 5.74) is 9.02. The van der Waals surface area contributed by atoms with Gasteiger partial charge in [0.15, 0.2) is 0 Å². The maximum absolute atomic E-state index is 11.5. The molecule has 3 rings (SSSR count). The van der Waals surface area contributed by atoms with Gasteiger partial charge in [0.1, 0.15) is 5.69 Å². The SMILES string of the molecule is NC(=O)c1cccnc1-c1ccc(Cc2cccc(Cl)c2)cn1.O=C(O)C(F)(F)F. The van der Waals surface area contributed by atoms with Gasteiger partial charge in [0, 0.05) is 17.4 Å². The number of carboxylic acid groups (broad SMARTS) is 1. The number of hydrogen-bond donors (Lipinski definition) is 2. The van der Waals surface area contributed by atoms with Crippen molar-refractivity contribution in [1.82, 2.24) is 9.97 Å². The van der Waals surface area contributed by atoms with Crippen molar-refractivity contribution in [3.05, 3.63) is 82.6 Å². The van der Waals surface area contributed by atoms with Gasteiger partial charge in [0.05, 0.1) is 11.3 Å². The van der Waals surface area contributed by atoms with Crippen LogP contribution in [0.3, 0.4) is 0 Å². The number of benzene rings is 1. The van der Waals surface area contributed by atoms with Crippen molar-refractivity contribution in [1.29, 1.82) is 0 Å². The summed E-state index contributed by atoms with van der Waals surface area (Å²) in [7, 11) is 0.